The van der Waals surface area contributed by atoms with Crippen LogP contribution in [0.3, 0.4) is 0 Å². The highest BCUT2D eigenvalue weighted by Gasteiger charge is 2.15. The van der Waals surface area contributed by atoms with Gasteiger partial charge in [-0.25, -0.2) is 0 Å². The van der Waals surface area contributed by atoms with Gasteiger partial charge in [-0.2, -0.15) is 5.10 Å². The van der Waals surface area contributed by atoms with Crippen molar-refractivity contribution in [1.82, 2.24) is 15.1 Å². The van der Waals surface area contributed by atoms with Gasteiger partial charge in [0, 0.05) is 23.7 Å². The van der Waals surface area contributed by atoms with Gasteiger partial charge in [-0.15, -0.1) is 0 Å². The second-order valence-electron chi connectivity index (χ2n) is 4.37. The van der Waals surface area contributed by atoms with Crippen molar-refractivity contribution < 1.29 is 0 Å². The van der Waals surface area contributed by atoms with Crippen molar-refractivity contribution in [2.45, 2.75) is 20.0 Å². The van der Waals surface area contributed by atoms with Crippen molar-refractivity contribution in [2.75, 3.05) is 6.54 Å². The molecule has 0 aliphatic carbocycles. The lowest BCUT2D eigenvalue weighted by Crippen LogP contribution is -2.28. The largest absolute Gasteiger partial charge is 0.309 e. The fourth-order valence-electron chi connectivity index (χ4n) is 2.18. The van der Waals surface area contributed by atoms with Gasteiger partial charge in [0.05, 0.1) is 18.4 Å². The van der Waals surface area contributed by atoms with E-state index in [1.165, 1.54) is 11.3 Å². The summed E-state index contributed by atoms with van der Waals surface area (Å²) in [6.07, 6.45) is 1.93. The number of hydrogen-bond donors (Lipinski definition) is 1. The SMILES string of the molecule is Cc1ccc(-c2cnn3c2CNCC3)cc1Cl. The molecule has 88 valence electrons. The Labute approximate surface area is 105 Å². The van der Waals surface area contributed by atoms with Crippen LogP contribution in [0.15, 0.2) is 24.4 Å². The Morgan fingerprint density at radius 1 is 1.41 bits per heavy atom. The maximum Gasteiger partial charge on any atom is 0.0601 e. The van der Waals surface area contributed by atoms with E-state index < -0.39 is 0 Å². The van der Waals surface area contributed by atoms with Gasteiger partial charge in [-0.05, 0) is 24.1 Å². The van der Waals surface area contributed by atoms with Gasteiger partial charge in [0.2, 0.25) is 0 Å². The van der Waals surface area contributed by atoms with Crippen molar-refractivity contribution in [3.63, 3.8) is 0 Å². The predicted molar refractivity (Wildman–Crippen MR) is 69.1 cm³/mol. The van der Waals surface area contributed by atoms with Crippen molar-refractivity contribution in [3.05, 3.63) is 40.7 Å². The first-order valence-electron chi connectivity index (χ1n) is 5.77. The number of rotatable bonds is 1. The lowest BCUT2D eigenvalue weighted by molar-refractivity contribution is 0.476. The molecule has 0 spiro atoms. The minimum atomic E-state index is 0.811. The highest BCUT2D eigenvalue weighted by Crippen LogP contribution is 2.28. The van der Waals surface area contributed by atoms with E-state index in [4.69, 9.17) is 11.6 Å². The van der Waals surface area contributed by atoms with Crippen LogP contribution in [0.25, 0.3) is 11.1 Å². The maximum atomic E-state index is 6.17. The van der Waals surface area contributed by atoms with Crippen LogP contribution in [0.2, 0.25) is 5.02 Å². The van der Waals surface area contributed by atoms with Crippen LogP contribution in [-0.2, 0) is 13.1 Å². The van der Waals surface area contributed by atoms with Crippen LogP contribution >= 0.6 is 11.6 Å². The van der Waals surface area contributed by atoms with Crippen LogP contribution in [0.5, 0.6) is 0 Å². The van der Waals surface area contributed by atoms with E-state index in [0.717, 1.165) is 35.8 Å². The molecule has 0 fully saturated rings. The average molecular weight is 248 g/mol. The lowest BCUT2D eigenvalue weighted by Gasteiger charge is -2.16. The number of nitrogens with zero attached hydrogens (tertiary/aromatic N) is 2. The van der Waals surface area contributed by atoms with Crippen LogP contribution < -0.4 is 5.32 Å². The molecule has 1 N–H and O–H groups in total. The molecule has 0 radical (unpaired) electrons. The van der Waals surface area contributed by atoms with Gasteiger partial charge in [-0.3, -0.25) is 4.68 Å². The van der Waals surface area contributed by atoms with Gasteiger partial charge in [-0.1, -0.05) is 23.7 Å². The highest BCUT2D eigenvalue weighted by atomic mass is 35.5. The van der Waals surface area contributed by atoms with Crippen molar-refractivity contribution in [1.29, 1.82) is 0 Å². The minimum Gasteiger partial charge on any atom is -0.309 e. The van der Waals surface area contributed by atoms with E-state index in [0.29, 0.717) is 0 Å². The number of hydrogen-bond acceptors (Lipinski definition) is 2. The normalized spacial score (nSPS) is 14.7. The molecule has 0 unspecified atom stereocenters. The van der Waals surface area contributed by atoms with Crippen LogP contribution in [-0.4, -0.2) is 16.3 Å². The van der Waals surface area contributed by atoms with Crippen molar-refractivity contribution in [3.8, 4) is 11.1 Å². The fraction of sp³-hybridized carbons (Fsp3) is 0.308. The molecule has 2 aromatic rings. The predicted octanol–water partition coefficient (Wildman–Crippen LogP) is 2.62. The summed E-state index contributed by atoms with van der Waals surface area (Å²) in [6.45, 7) is 4.82. The molecule has 1 aliphatic heterocycles. The summed E-state index contributed by atoms with van der Waals surface area (Å²) in [7, 11) is 0. The third-order valence-corrected chi connectivity index (χ3v) is 3.63. The van der Waals surface area contributed by atoms with E-state index in [-0.39, 0.29) is 0 Å². The number of aryl methyl sites for hydroxylation is 1. The monoisotopic (exact) mass is 247 g/mol. The Bertz CT molecular complexity index is 560. The molecule has 17 heavy (non-hydrogen) atoms. The average Bonchev–Trinajstić information content (AvgIpc) is 2.76. The van der Waals surface area contributed by atoms with Gasteiger partial charge in [0.1, 0.15) is 0 Å². The molecule has 3 rings (SSSR count). The minimum absolute atomic E-state index is 0.811. The number of halogens is 1. The van der Waals surface area contributed by atoms with E-state index >= 15 is 0 Å². The Balaban J connectivity index is 2.09. The second-order valence-corrected chi connectivity index (χ2v) is 4.78. The van der Waals surface area contributed by atoms with Crippen molar-refractivity contribution in [2.24, 2.45) is 0 Å². The molecule has 2 heterocycles. The summed E-state index contributed by atoms with van der Waals surface area (Å²) in [6, 6.07) is 6.18. The molecule has 0 amide bonds. The molecule has 0 atom stereocenters. The highest BCUT2D eigenvalue weighted by molar-refractivity contribution is 6.31. The summed E-state index contributed by atoms with van der Waals surface area (Å²) in [5.41, 5.74) is 4.68. The Hall–Kier alpha value is -1.32. The van der Waals surface area contributed by atoms with Gasteiger partial charge < -0.3 is 5.32 Å². The van der Waals surface area contributed by atoms with Gasteiger partial charge in [0.25, 0.3) is 0 Å². The first-order chi connectivity index (χ1) is 8.25. The topological polar surface area (TPSA) is 29.9 Å². The first-order valence-corrected chi connectivity index (χ1v) is 6.15. The maximum absolute atomic E-state index is 6.17. The summed E-state index contributed by atoms with van der Waals surface area (Å²) >= 11 is 6.17. The smallest absolute Gasteiger partial charge is 0.0601 e. The Morgan fingerprint density at radius 3 is 3.12 bits per heavy atom. The number of nitrogens with one attached hydrogen (secondary N) is 1. The number of benzene rings is 1. The molecule has 0 bridgehead atoms. The van der Waals surface area contributed by atoms with E-state index in [1.54, 1.807) is 0 Å². The Morgan fingerprint density at radius 2 is 2.29 bits per heavy atom. The molecule has 0 saturated carbocycles. The van der Waals surface area contributed by atoms with Crippen LogP contribution in [0, 0.1) is 6.92 Å². The van der Waals surface area contributed by atoms with Gasteiger partial charge in [0.15, 0.2) is 0 Å². The van der Waals surface area contributed by atoms with E-state index in [2.05, 4.69) is 27.2 Å². The molecule has 3 nitrogen and oxygen atoms in total. The zero-order valence-electron chi connectivity index (χ0n) is 9.70. The summed E-state index contributed by atoms with van der Waals surface area (Å²) < 4.78 is 2.07. The molecular weight excluding hydrogens is 234 g/mol. The van der Waals surface area contributed by atoms with E-state index in [1.807, 2.05) is 19.2 Å². The summed E-state index contributed by atoms with van der Waals surface area (Å²) in [5, 5.41) is 8.60. The third-order valence-electron chi connectivity index (χ3n) is 3.22. The first kappa shape index (κ1) is 10.8. The molecule has 1 aromatic carbocycles. The zero-order valence-corrected chi connectivity index (χ0v) is 10.5. The molecule has 1 aliphatic rings. The van der Waals surface area contributed by atoms with Gasteiger partial charge >= 0.3 is 0 Å². The Kier molecular flexibility index (Phi) is 2.65. The summed E-state index contributed by atoms with van der Waals surface area (Å²) in [5.74, 6) is 0. The molecule has 1 aromatic heterocycles. The quantitative estimate of drug-likeness (QED) is 0.840. The van der Waals surface area contributed by atoms with Crippen molar-refractivity contribution >= 4 is 11.6 Å². The molecule has 0 saturated heterocycles. The third kappa shape index (κ3) is 1.85. The number of fused-ring (bicyclic) bond motifs is 1. The second kappa shape index (κ2) is 4.17. The summed E-state index contributed by atoms with van der Waals surface area (Å²) in [4.78, 5) is 0. The number of aromatic nitrogens is 2. The zero-order chi connectivity index (χ0) is 11.8. The molecular formula is C13H14ClN3. The van der Waals surface area contributed by atoms with Crippen LogP contribution in [0.1, 0.15) is 11.3 Å². The lowest BCUT2D eigenvalue weighted by atomic mass is 10.0. The van der Waals surface area contributed by atoms with E-state index in [9.17, 15) is 0 Å². The van der Waals surface area contributed by atoms with Crippen LogP contribution in [0.4, 0.5) is 0 Å². The fourth-order valence-corrected chi connectivity index (χ4v) is 2.36. The molecule has 4 heteroatoms. The standard InChI is InChI=1S/C13H14ClN3/c1-9-2-3-10(6-12(9)14)11-7-16-17-5-4-15-8-13(11)17/h2-3,6-7,15H,4-5,8H2,1H3.